The van der Waals surface area contributed by atoms with Crippen molar-refractivity contribution in [3.63, 3.8) is 0 Å². The number of carbonyl (C=O) groups is 5. The van der Waals surface area contributed by atoms with E-state index in [0.717, 1.165) is 16.7 Å². The molecule has 11 heteroatoms. The molecule has 0 amide bonds. The largest absolute Gasteiger partial charge is 0.463 e. The lowest BCUT2D eigenvalue weighted by Gasteiger charge is -2.44. The summed E-state index contributed by atoms with van der Waals surface area (Å²) >= 11 is 0. The molecule has 0 unspecified atom stereocenters. The monoisotopic (exact) mass is 570 g/mol. The number of hydrogen-bond donors (Lipinski definition) is 0. The Morgan fingerprint density at radius 3 is 1.85 bits per heavy atom. The second kappa shape index (κ2) is 13.9. The predicted octanol–water partition coefficient (Wildman–Crippen LogP) is 3.31. The van der Waals surface area contributed by atoms with Crippen LogP contribution >= 0.6 is 0 Å². The zero-order valence-corrected chi connectivity index (χ0v) is 23.8. The molecule has 0 saturated carbocycles. The van der Waals surface area contributed by atoms with Crippen LogP contribution in [0.2, 0.25) is 0 Å². The molecule has 2 aromatic carbocycles. The molecule has 1 fully saturated rings. The summed E-state index contributed by atoms with van der Waals surface area (Å²) in [7, 11) is 0. The molecule has 3 rings (SSSR count). The van der Waals surface area contributed by atoms with Crippen LogP contribution in [-0.4, -0.2) is 60.9 Å². The molecule has 2 aromatic rings. The van der Waals surface area contributed by atoms with Crippen molar-refractivity contribution >= 4 is 29.8 Å². The number of aryl methyl sites for hydroxylation is 1. The fourth-order valence-electron chi connectivity index (χ4n) is 4.62. The average Bonchev–Trinajstić information content (AvgIpc) is 2.86. The van der Waals surface area contributed by atoms with E-state index in [1.54, 1.807) is 18.2 Å². The Balaban J connectivity index is 2.02. The van der Waals surface area contributed by atoms with Crippen molar-refractivity contribution in [2.24, 2.45) is 0 Å². The minimum atomic E-state index is -1.25. The maximum absolute atomic E-state index is 12.2. The van der Waals surface area contributed by atoms with Crippen molar-refractivity contribution in [3.05, 3.63) is 64.7 Å². The van der Waals surface area contributed by atoms with Crippen LogP contribution in [0.1, 0.15) is 63.0 Å². The van der Waals surface area contributed by atoms with Crippen LogP contribution in [0.5, 0.6) is 5.75 Å². The zero-order chi connectivity index (χ0) is 30.3. The number of benzene rings is 2. The highest BCUT2D eigenvalue weighted by Gasteiger charge is 2.52. The van der Waals surface area contributed by atoms with Crippen LogP contribution in [0.25, 0.3) is 0 Å². The molecule has 11 nitrogen and oxygen atoms in total. The van der Waals surface area contributed by atoms with Gasteiger partial charge in [0.2, 0.25) is 0 Å². The van der Waals surface area contributed by atoms with Gasteiger partial charge in [-0.1, -0.05) is 30.3 Å². The molecule has 5 atom stereocenters. The summed E-state index contributed by atoms with van der Waals surface area (Å²) in [5.41, 5.74) is 3.45. The van der Waals surface area contributed by atoms with Crippen LogP contribution in [0, 0.1) is 6.92 Å². The highest BCUT2D eigenvalue weighted by atomic mass is 16.7. The number of esters is 5. The fraction of sp³-hybridized carbons (Fsp3) is 0.433. The first-order valence-corrected chi connectivity index (χ1v) is 13.0. The second-order valence-electron chi connectivity index (χ2n) is 9.72. The maximum Gasteiger partial charge on any atom is 0.308 e. The van der Waals surface area contributed by atoms with Crippen LogP contribution in [-0.2, 0) is 54.1 Å². The summed E-state index contributed by atoms with van der Waals surface area (Å²) in [5.74, 6) is -2.62. The third-order valence-electron chi connectivity index (χ3n) is 6.27. The van der Waals surface area contributed by atoms with Gasteiger partial charge < -0.3 is 28.4 Å². The Labute approximate surface area is 238 Å². The smallest absolute Gasteiger partial charge is 0.308 e. The molecule has 0 radical (unpaired) electrons. The molecule has 1 saturated heterocycles. The van der Waals surface area contributed by atoms with Gasteiger partial charge >= 0.3 is 29.8 Å². The number of carbonyl (C=O) groups excluding carboxylic acids is 5. The Morgan fingerprint density at radius 1 is 0.707 bits per heavy atom. The van der Waals surface area contributed by atoms with E-state index in [4.69, 9.17) is 28.4 Å². The summed E-state index contributed by atoms with van der Waals surface area (Å²) in [6.45, 7) is 7.74. The van der Waals surface area contributed by atoms with E-state index in [9.17, 15) is 24.0 Å². The van der Waals surface area contributed by atoms with Gasteiger partial charge in [0.1, 0.15) is 24.6 Å². The van der Waals surface area contributed by atoms with Gasteiger partial charge in [-0.15, -0.1) is 0 Å². The summed E-state index contributed by atoms with van der Waals surface area (Å²) in [5, 5.41) is 0. The molecule has 0 N–H and O–H groups in total. The molecule has 1 heterocycles. The molecule has 0 spiro atoms. The van der Waals surface area contributed by atoms with Gasteiger partial charge in [-0.2, -0.15) is 0 Å². The maximum atomic E-state index is 12.2. The third kappa shape index (κ3) is 8.87. The van der Waals surface area contributed by atoms with Crippen molar-refractivity contribution in [1.82, 2.24) is 0 Å². The van der Waals surface area contributed by atoms with E-state index in [0.29, 0.717) is 17.7 Å². The van der Waals surface area contributed by atoms with E-state index in [-0.39, 0.29) is 6.61 Å². The van der Waals surface area contributed by atoms with Crippen molar-refractivity contribution < 1.29 is 52.4 Å². The number of hydrogen-bond acceptors (Lipinski definition) is 11. The lowest BCUT2D eigenvalue weighted by molar-refractivity contribution is -0.254. The van der Waals surface area contributed by atoms with Gasteiger partial charge in [0.15, 0.2) is 18.3 Å². The highest BCUT2D eigenvalue weighted by Crippen LogP contribution is 2.38. The topological polar surface area (TPSA) is 141 Å². The van der Waals surface area contributed by atoms with E-state index in [2.05, 4.69) is 0 Å². The molecule has 220 valence electrons. The lowest BCUT2D eigenvalue weighted by Crippen LogP contribution is -2.59. The first-order chi connectivity index (χ1) is 19.3. The summed E-state index contributed by atoms with van der Waals surface area (Å²) in [6.07, 6.45) is -5.15. The van der Waals surface area contributed by atoms with Gasteiger partial charge in [0, 0.05) is 34.6 Å². The minimum Gasteiger partial charge on any atom is -0.463 e. The minimum absolute atomic E-state index is 0.304. The Bertz CT molecular complexity index is 1280. The van der Waals surface area contributed by atoms with Crippen molar-refractivity contribution in [3.8, 4) is 5.75 Å². The molecule has 1 aliphatic heterocycles. The van der Waals surface area contributed by atoms with Crippen molar-refractivity contribution in [1.29, 1.82) is 0 Å². The Morgan fingerprint density at radius 2 is 1.29 bits per heavy atom. The van der Waals surface area contributed by atoms with Gasteiger partial charge in [0.05, 0.1) is 0 Å². The molecule has 0 bridgehead atoms. The molecule has 41 heavy (non-hydrogen) atoms. The average molecular weight is 571 g/mol. The molecular formula is C30H34O11. The summed E-state index contributed by atoms with van der Waals surface area (Å²) in [6, 6.07) is 12.7. The second-order valence-corrected chi connectivity index (χ2v) is 9.72. The van der Waals surface area contributed by atoms with Crippen molar-refractivity contribution in [2.45, 2.75) is 78.5 Å². The Kier molecular flexibility index (Phi) is 10.6. The van der Waals surface area contributed by atoms with E-state index < -0.39 is 60.4 Å². The van der Waals surface area contributed by atoms with Crippen molar-refractivity contribution in [2.75, 3.05) is 6.61 Å². The lowest BCUT2D eigenvalue weighted by atomic mass is 9.88. The van der Waals surface area contributed by atoms with Gasteiger partial charge in [-0.3, -0.25) is 24.0 Å². The fourth-order valence-corrected chi connectivity index (χ4v) is 4.62. The van der Waals surface area contributed by atoms with Crippen LogP contribution in [0.4, 0.5) is 0 Å². The van der Waals surface area contributed by atoms with E-state index in [1.807, 2.05) is 31.2 Å². The Hall–Kier alpha value is -4.25. The normalized spacial score (nSPS) is 21.8. The highest BCUT2D eigenvalue weighted by molar-refractivity contribution is 5.69. The van der Waals surface area contributed by atoms with Crippen LogP contribution in [0.3, 0.4) is 0 Å². The number of rotatable bonds is 9. The SMILES string of the molecule is CC(=O)OC[C@H]1O[C@@H](c2ccc(C)c(Cc3ccc(OC(C)=O)cc3)c2)[C@H](OC(C)=O)[C@@H](OC(C)=O)[C@@H]1OC(C)=O. The summed E-state index contributed by atoms with van der Waals surface area (Å²) < 4.78 is 33.2. The molecule has 0 aliphatic carbocycles. The van der Waals surface area contributed by atoms with E-state index in [1.165, 1.54) is 34.6 Å². The first-order valence-electron chi connectivity index (χ1n) is 13.0. The van der Waals surface area contributed by atoms with Gasteiger partial charge in [-0.25, -0.2) is 0 Å². The predicted molar refractivity (Wildman–Crippen MR) is 143 cm³/mol. The van der Waals surface area contributed by atoms with Crippen LogP contribution < -0.4 is 4.74 Å². The molecular weight excluding hydrogens is 536 g/mol. The number of ether oxygens (including phenoxy) is 6. The quantitative estimate of drug-likeness (QED) is 0.249. The standard InChI is InChI=1S/C30H34O11/c1-16-7-10-23(14-24(16)13-22-8-11-25(12-9-22)37-18(3)32)27-29(39-20(5)34)30(40-21(6)35)28(38-19(4)33)26(41-27)15-36-17(2)31/h7-12,14,26-30H,13,15H2,1-6H3/t26-,27+,28-,29+,30+/m1/s1. The zero-order valence-electron chi connectivity index (χ0n) is 23.8. The summed E-state index contributed by atoms with van der Waals surface area (Å²) in [4.78, 5) is 59.1. The van der Waals surface area contributed by atoms with E-state index >= 15 is 0 Å². The van der Waals surface area contributed by atoms with Gasteiger partial charge in [-0.05, 0) is 47.7 Å². The van der Waals surface area contributed by atoms with Crippen LogP contribution in [0.15, 0.2) is 42.5 Å². The first kappa shape index (κ1) is 31.3. The molecule has 1 aliphatic rings. The van der Waals surface area contributed by atoms with Gasteiger partial charge in [0.25, 0.3) is 0 Å². The third-order valence-corrected chi connectivity index (χ3v) is 6.27. The molecule has 0 aromatic heterocycles.